The zero-order chi connectivity index (χ0) is 10.5. The maximum atomic E-state index is 3.06. The van der Waals surface area contributed by atoms with Crippen molar-refractivity contribution in [3.05, 3.63) is 71.8 Å². The third-order valence-electron chi connectivity index (χ3n) is 2.70. The van der Waals surface area contributed by atoms with Crippen LogP contribution in [0.5, 0.6) is 0 Å². The molecule has 2 radical (unpaired) electrons. The Morgan fingerprint density at radius 2 is 1.27 bits per heavy atom. The van der Waals surface area contributed by atoms with Gasteiger partial charge in [-0.2, -0.15) is 0 Å². The molecule has 0 heterocycles. The molecule has 0 atom stereocenters. The van der Waals surface area contributed by atoms with Crippen LogP contribution in [0.25, 0.3) is 0 Å². The average molecular weight is 194 g/mol. The van der Waals surface area contributed by atoms with Gasteiger partial charge in [-0.1, -0.05) is 55.5 Å². The molecule has 0 N–H and O–H groups in total. The lowest BCUT2D eigenvalue weighted by molar-refractivity contribution is 0.777. The Morgan fingerprint density at radius 3 is 1.60 bits per heavy atom. The molecule has 74 valence electrons. The molecule has 0 saturated heterocycles. The van der Waals surface area contributed by atoms with Crippen LogP contribution in [0.2, 0.25) is 0 Å². The van der Waals surface area contributed by atoms with E-state index in [9.17, 15) is 0 Å². The summed E-state index contributed by atoms with van der Waals surface area (Å²) < 4.78 is 0. The summed E-state index contributed by atoms with van der Waals surface area (Å²) in [6.45, 7) is 2.22. The van der Waals surface area contributed by atoms with Crippen molar-refractivity contribution in [2.45, 2.75) is 19.3 Å². The summed E-state index contributed by atoms with van der Waals surface area (Å²) in [4.78, 5) is 0. The van der Waals surface area contributed by atoms with Crippen molar-refractivity contribution in [1.82, 2.24) is 0 Å². The Hall–Kier alpha value is -1.56. The molecule has 2 rings (SSSR count). The summed E-state index contributed by atoms with van der Waals surface area (Å²) in [6, 6.07) is 22.6. The highest BCUT2D eigenvalue weighted by atomic mass is 14.1. The van der Waals surface area contributed by atoms with E-state index < -0.39 is 0 Å². The summed E-state index contributed by atoms with van der Waals surface area (Å²) in [5, 5.41) is 0. The molecular formula is C15H14. The molecule has 0 saturated carbocycles. The fourth-order valence-electron chi connectivity index (χ4n) is 1.93. The lowest BCUT2D eigenvalue weighted by Gasteiger charge is -2.15. The van der Waals surface area contributed by atoms with Crippen molar-refractivity contribution in [2.24, 2.45) is 0 Å². The van der Waals surface area contributed by atoms with Crippen LogP contribution in [-0.4, -0.2) is 0 Å². The first-order valence-corrected chi connectivity index (χ1v) is 5.34. The molecule has 2 aromatic rings. The summed E-state index contributed by atoms with van der Waals surface area (Å²) in [6.07, 6.45) is 1.12. The van der Waals surface area contributed by atoms with Gasteiger partial charge >= 0.3 is 0 Å². The van der Waals surface area contributed by atoms with Gasteiger partial charge in [-0.05, 0) is 29.7 Å². The number of hydrogen-bond donors (Lipinski definition) is 0. The third-order valence-corrected chi connectivity index (χ3v) is 2.70. The Bertz CT molecular complexity index is 349. The van der Waals surface area contributed by atoms with Crippen molar-refractivity contribution < 1.29 is 0 Å². The SMILES string of the molecule is CCC(c1cc[c]cc1)c1cc[c]cc1. The minimum absolute atomic E-state index is 0.495. The molecule has 0 spiro atoms. The largest absolute Gasteiger partial charge is 0.0645 e. The van der Waals surface area contributed by atoms with Crippen LogP contribution in [0.15, 0.2) is 48.5 Å². The van der Waals surface area contributed by atoms with Crippen LogP contribution >= 0.6 is 0 Å². The molecule has 0 unspecified atom stereocenters. The third kappa shape index (κ3) is 2.27. The van der Waals surface area contributed by atoms with E-state index in [-0.39, 0.29) is 0 Å². The number of hydrogen-bond acceptors (Lipinski definition) is 0. The predicted octanol–water partition coefficient (Wildman–Crippen LogP) is 3.83. The van der Waals surface area contributed by atoms with Crippen molar-refractivity contribution in [2.75, 3.05) is 0 Å². The lowest BCUT2D eigenvalue weighted by Crippen LogP contribution is -1.98. The Balaban J connectivity index is 2.34. The second-order valence-electron chi connectivity index (χ2n) is 3.63. The molecule has 0 nitrogen and oxygen atoms in total. The molecule has 0 heteroatoms. The van der Waals surface area contributed by atoms with Crippen LogP contribution in [-0.2, 0) is 0 Å². The highest BCUT2D eigenvalue weighted by molar-refractivity contribution is 5.31. The lowest BCUT2D eigenvalue weighted by atomic mass is 9.89. The monoisotopic (exact) mass is 194 g/mol. The first kappa shape index (κ1) is 9.97. The van der Waals surface area contributed by atoms with E-state index in [1.807, 2.05) is 24.3 Å². The van der Waals surface area contributed by atoms with Crippen LogP contribution in [0.3, 0.4) is 0 Å². The van der Waals surface area contributed by atoms with Crippen LogP contribution in [0, 0.1) is 12.1 Å². The van der Waals surface area contributed by atoms with Gasteiger partial charge in [0.25, 0.3) is 0 Å². The van der Waals surface area contributed by atoms with Crippen LogP contribution in [0.4, 0.5) is 0 Å². The van der Waals surface area contributed by atoms with E-state index in [2.05, 4.69) is 43.3 Å². The van der Waals surface area contributed by atoms with Gasteiger partial charge in [0, 0.05) is 5.92 Å². The van der Waals surface area contributed by atoms with Gasteiger partial charge in [-0.15, -0.1) is 0 Å². The Morgan fingerprint density at radius 1 is 0.867 bits per heavy atom. The standard InChI is InChI=1S/C15H14/c1-2-15(13-9-5-3-6-10-13)14-11-7-4-8-12-14/h5-12,15H,2H2,1H3. The first-order chi connectivity index (χ1) is 7.42. The minimum atomic E-state index is 0.495. The second kappa shape index (κ2) is 4.79. The van der Waals surface area contributed by atoms with Crippen molar-refractivity contribution >= 4 is 0 Å². The minimum Gasteiger partial charge on any atom is -0.0645 e. The smallest absolute Gasteiger partial charge is 0.00867 e. The first-order valence-electron chi connectivity index (χ1n) is 5.34. The van der Waals surface area contributed by atoms with Gasteiger partial charge in [0.1, 0.15) is 0 Å². The quantitative estimate of drug-likeness (QED) is 0.696. The van der Waals surface area contributed by atoms with E-state index in [0.29, 0.717) is 5.92 Å². The fraction of sp³-hybridized carbons (Fsp3) is 0.200. The Labute approximate surface area is 91.6 Å². The fourth-order valence-corrected chi connectivity index (χ4v) is 1.93. The Kier molecular flexibility index (Phi) is 3.18. The zero-order valence-corrected chi connectivity index (χ0v) is 8.90. The van der Waals surface area contributed by atoms with E-state index >= 15 is 0 Å². The van der Waals surface area contributed by atoms with Gasteiger partial charge < -0.3 is 0 Å². The molecule has 15 heavy (non-hydrogen) atoms. The van der Waals surface area contributed by atoms with E-state index in [0.717, 1.165) is 6.42 Å². The van der Waals surface area contributed by atoms with Crippen LogP contribution in [0.1, 0.15) is 30.4 Å². The summed E-state index contributed by atoms with van der Waals surface area (Å²) in [5.41, 5.74) is 2.73. The molecular weight excluding hydrogens is 180 g/mol. The molecule has 0 bridgehead atoms. The normalized spacial score (nSPS) is 10.5. The van der Waals surface area contributed by atoms with Gasteiger partial charge in [0.2, 0.25) is 0 Å². The van der Waals surface area contributed by atoms with E-state index in [1.54, 1.807) is 0 Å². The molecule has 2 aromatic carbocycles. The van der Waals surface area contributed by atoms with E-state index in [1.165, 1.54) is 11.1 Å². The van der Waals surface area contributed by atoms with Gasteiger partial charge in [0.05, 0.1) is 0 Å². The average Bonchev–Trinajstić information content (AvgIpc) is 2.33. The molecule has 0 aromatic heterocycles. The molecule has 0 amide bonds. The number of rotatable bonds is 3. The molecule has 0 aliphatic rings. The van der Waals surface area contributed by atoms with Gasteiger partial charge in [0.15, 0.2) is 0 Å². The highest BCUT2D eigenvalue weighted by Crippen LogP contribution is 2.26. The van der Waals surface area contributed by atoms with Crippen molar-refractivity contribution in [1.29, 1.82) is 0 Å². The predicted molar refractivity (Wildman–Crippen MR) is 62.7 cm³/mol. The maximum Gasteiger partial charge on any atom is 0.00867 e. The van der Waals surface area contributed by atoms with Crippen molar-refractivity contribution in [3.63, 3.8) is 0 Å². The molecule has 0 aliphatic carbocycles. The highest BCUT2D eigenvalue weighted by Gasteiger charge is 2.10. The summed E-state index contributed by atoms with van der Waals surface area (Å²) in [5.74, 6) is 0.495. The summed E-state index contributed by atoms with van der Waals surface area (Å²) >= 11 is 0. The van der Waals surface area contributed by atoms with Gasteiger partial charge in [-0.3, -0.25) is 0 Å². The molecule has 0 fully saturated rings. The maximum absolute atomic E-state index is 3.06. The second-order valence-corrected chi connectivity index (χ2v) is 3.63. The molecule has 0 aliphatic heterocycles. The topological polar surface area (TPSA) is 0 Å². The number of benzene rings is 2. The van der Waals surface area contributed by atoms with Crippen molar-refractivity contribution in [3.8, 4) is 0 Å². The van der Waals surface area contributed by atoms with E-state index in [4.69, 9.17) is 0 Å². The van der Waals surface area contributed by atoms with Crippen LogP contribution < -0.4 is 0 Å². The summed E-state index contributed by atoms with van der Waals surface area (Å²) in [7, 11) is 0. The van der Waals surface area contributed by atoms with Gasteiger partial charge in [-0.25, -0.2) is 0 Å². The zero-order valence-electron chi connectivity index (χ0n) is 8.90.